The monoisotopic (exact) mass is 356 g/mol. The van der Waals surface area contributed by atoms with Crippen molar-refractivity contribution in [3.63, 3.8) is 0 Å². The molecule has 0 amide bonds. The number of nitrogens with zero attached hydrogens (tertiary/aromatic N) is 4. The molecule has 27 heavy (non-hydrogen) atoms. The molecule has 0 unspecified atom stereocenters. The minimum absolute atomic E-state index is 0.934. The Morgan fingerprint density at radius 1 is 0.889 bits per heavy atom. The van der Waals surface area contributed by atoms with E-state index < -0.39 is 0 Å². The van der Waals surface area contributed by atoms with Gasteiger partial charge in [0.25, 0.3) is 0 Å². The second kappa shape index (κ2) is 7.72. The van der Waals surface area contributed by atoms with E-state index in [0.29, 0.717) is 0 Å². The van der Waals surface area contributed by atoms with Crippen molar-refractivity contribution < 1.29 is 0 Å². The van der Waals surface area contributed by atoms with E-state index in [1.807, 2.05) is 18.5 Å². The predicted molar refractivity (Wildman–Crippen MR) is 113 cm³/mol. The number of rotatable bonds is 5. The molecule has 0 saturated carbocycles. The van der Waals surface area contributed by atoms with Crippen molar-refractivity contribution in [3.05, 3.63) is 84.2 Å². The Kier molecular flexibility index (Phi) is 4.99. The molecular weight excluding hydrogens is 332 g/mol. The Hall–Kier alpha value is -2.98. The van der Waals surface area contributed by atoms with Gasteiger partial charge >= 0.3 is 0 Å². The summed E-state index contributed by atoms with van der Waals surface area (Å²) in [5.74, 6) is 0. The Balaban J connectivity index is 1.86. The van der Waals surface area contributed by atoms with Gasteiger partial charge in [-0.2, -0.15) is 0 Å². The van der Waals surface area contributed by atoms with E-state index in [9.17, 15) is 0 Å². The molecule has 0 atom stereocenters. The van der Waals surface area contributed by atoms with Crippen LogP contribution in [-0.2, 0) is 0 Å². The minimum Gasteiger partial charge on any atom is -0.339 e. The third-order valence-corrected chi connectivity index (χ3v) is 4.78. The van der Waals surface area contributed by atoms with Gasteiger partial charge in [-0.1, -0.05) is 42.5 Å². The first kappa shape index (κ1) is 17.4. The molecule has 2 aromatic carbocycles. The van der Waals surface area contributed by atoms with Crippen LogP contribution in [0.2, 0.25) is 0 Å². The fourth-order valence-corrected chi connectivity index (χ4v) is 3.50. The van der Waals surface area contributed by atoms with Gasteiger partial charge < -0.3 is 9.80 Å². The summed E-state index contributed by atoms with van der Waals surface area (Å²) in [6.07, 6.45) is 4.88. The Morgan fingerprint density at radius 2 is 1.67 bits per heavy atom. The van der Waals surface area contributed by atoms with Crippen molar-refractivity contribution in [3.8, 4) is 0 Å². The average Bonchev–Trinajstić information content (AvgIpc) is 2.84. The van der Waals surface area contributed by atoms with Gasteiger partial charge in [0.1, 0.15) is 0 Å². The second-order valence-corrected chi connectivity index (χ2v) is 7.02. The van der Waals surface area contributed by atoms with Gasteiger partial charge in [0, 0.05) is 30.1 Å². The van der Waals surface area contributed by atoms with Crippen LogP contribution in [0, 0.1) is 0 Å². The maximum atomic E-state index is 5.07. The molecule has 136 valence electrons. The standard InChI is InChI=1S/C23H24N4/c1-26(2)15-8-16-27-21-13-14-24-17-19(21)23(18-9-4-3-5-10-18)25-20-11-6-7-12-22(20)27/h3-7,9-14,17H,8,15-16H2,1-2H3. The summed E-state index contributed by atoms with van der Waals surface area (Å²) in [6, 6.07) is 20.9. The number of pyridine rings is 1. The van der Waals surface area contributed by atoms with Gasteiger partial charge in [0.05, 0.1) is 22.8 Å². The summed E-state index contributed by atoms with van der Waals surface area (Å²) >= 11 is 0. The summed E-state index contributed by atoms with van der Waals surface area (Å²) < 4.78 is 0. The quantitative estimate of drug-likeness (QED) is 0.667. The molecule has 3 aromatic rings. The zero-order valence-electron chi connectivity index (χ0n) is 15.8. The van der Waals surface area contributed by atoms with E-state index in [4.69, 9.17) is 4.99 Å². The fraction of sp³-hybridized carbons (Fsp3) is 0.217. The third kappa shape index (κ3) is 3.62. The highest BCUT2D eigenvalue weighted by atomic mass is 15.2. The van der Waals surface area contributed by atoms with Crippen LogP contribution < -0.4 is 4.90 Å². The number of hydrogen-bond acceptors (Lipinski definition) is 4. The number of anilines is 2. The zero-order chi connectivity index (χ0) is 18.6. The van der Waals surface area contributed by atoms with Crippen LogP contribution in [0.3, 0.4) is 0 Å². The van der Waals surface area contributed by atoms with Crippen molar-refractivity contribution in [2.24, 2.45) is 4.99 Å². The Labute approximate surface area is 160 Å². The largest absolute Gasteiger partial charge is 0.339 e. The first-order valence-corrected chi connectivity index (χ1v) is 9.34. The van der Waals surface area contributed by atoms with E-state index in [1.54, 1.807) is 0 Å². The first-order chi connectivity index (χ1) is 13.2. The van der Waals surface area contributed by atoms with Crippen LogP contribution in [0.5, 0.6) is 0 Å². The van der Waals surface area contributed by atoms with Gasteiger partial charge in [-0.3, -0.25) is 4.98 Å². The summed E-state index contributed by atoms with van der Waals surface area (Å²) in [6.45, 7) is 1.98. The lowest BCUT2D eigenvalue weighted by molar-refractivity contribution is 0.402. The molecule has 2 heterocycles. The number of benzene rings is 2. The van der Waals surface area contributed by atoms with Gasteiger partial charge in [-0.25, -0.2) is 4.99 Å². The molecule has 4 rings (SSSR count). The summed E-state index contributed by atoms with van der Waals surface area (Å²) in [7, 11) is 4.23. The topological polar surface area (TPSA) is 31.7 Å². The van der Waals surface area contributed by atoms with Crippen LogP contribution in [0.25, 0.3) is 0 Å². The molecule has 0 N–H and O–H groups in total. The summed E-state index contributed by atoms with van der Waals surface area (Å²) in [5.41, 5.74) is 6.46. The van der Waals surface area contributed by atoms with E-state index in [0.717, 1.165) is 53.4 Å². The van der Waals surface area contributed by atoms with Crippen LogP contribution in [0.1, 0.15) is 17.5 Å². The number of fused-ring (bicyclic) bond motifs is 2. The van der Waals surface area contributed by atoms with Crippen molar-refractivity contribution in [1.29, 1.82) is 0 Å². The molecule has 0 spiro atoms. The number of para-hydroxylation sites is 2. The highest BCUT2D eigenvalue weighted by Gasteiger charge is 2.23. The highest BCUT2D eigenvalue weighted by molar-refractivity contribution is 6.18. The van der Waals surface area contributed by atoms with Gasteiger partial charge in [0.2, 0.25) is 0 Å². The van der Waals surface area contributed by atoms with Crippen molar-refractivity contribution >= 4 is 22.8 Å². The lowest BCUT2D eigenvalue weighted by Crippen LogP contribution is -2.24. The lowest BCUT2D eigenvalue weighted by atomic mass is 10.0. The Bertz CT molecular complexity index is 947. The highest BCUT2D eigenvalue weighted by Crippen LogP contribution is 2.40. The predicted octanol–water partition coefficient (Wildman–Crippen LogP) is 4.65. The average molecular weight is 356 g/mol. The third-order valence-electron chi connectivity index (χ3n) is 4.78. The molecular formula is C23H24N4. The molecule has 4 heteroatoms. The fourth-order valence-electron chi connectivity index (χ4n) is 3.50. The lowest BCUT2D eigenvalue weighted by Gasteiger charge is -2.27. The number of aliphatic imine (C=N–C) groups is 1. The first-order valence-electron chi connectivity index (χ1n) is 9.34. The SMILES string of the molecule is CN(C)CCCN1c2ccccc2N=C(c2ccccc2)c2cnccc21. The van der Waals surface area contributed by atoms with E-state index in [1.165, 1.54) is 0 Å². The normalized spacial score (nSPS) is 13.0. The summed E-state index contributed by atoms with van der Waals surface area (Å²) in [4.78, 5) is 14.1. The van der Waals surface area contributed by atoms with E-state index in [2.05, 4.69) is 83.5 Å². The maximum absolute atomic E-state index is 5.07. The van der Waals surface area contributed by atoms with Crippen LogP contribution >= 0.6 is 0 Å². The summed E-state index contributed by atoms with van der Waals surface area (Å²) in [5, 5.41) is 0. The molecule has 0 saturated heterocycles. The molecule has 1 aromatic heterocycles. The number of aromatic nitrogens is 1. The molecule has 0 radical (unpaired) electrons. The van der Waals surface area contributed by atoms with Crippen LogP contribution in [0.15, 0.2) is 78.0 Å². The molecule has 0 aliphatic carbocycles. The van der Waals surface area contributed by atoms with Crippen molar-refractivity contribution in [1.82, 2.24) is 9.88 Å². The molecule has 0 fully saturated rings. The Morgan fingerprint density at radius 3 is 2.48 bits per heavy atom. The second-order valence-electron chi connectivity index (χ2n) is 7.02. The molecule has 4 nitrogen and oxygen atoms in total. The van der Waals surface area contributed by atoms with Crippen LogP contribution in [-0.4, -0.2) is 42.8 Å². The molecule has 1 aliphatic rings. The minimum atomic E-state index is 0.934. The van der Waals surface area contributed by atoms with Crippen molar-refractivity contribution in [2.75, 3.05) is 32.1 Å². The van der Waals surface area contributed by atoms with Crippen molar-refractivity contribution in [2.45, 2.75) is 6.42 Å². The molecule has 1 aliphatic heterocycles. The smallest absolute Gasteiger partial charge is 0.0874 e. The van der Waals surface area contributed by atoms with E-state index in [-0.39, 0.29) is 0 Å². The zero-order valence-corrected chi connectivity index (χ0v) is 15.8. The van der Waals surface area contributed by atoms with Gasteiger partial charge in [0.15, 0.2) is 0 Å². The van der Waals surface area contributed by atoms with Gasteiger partial charge in [-0.15, -0.1) is 0 Å². The number of hydrogen-bond donors (Lipinski definition) is 0. The van der Waals surface area contributed by atoms with E-state index >= 15 is 0 Å². The maximum Gasteiger partial charge on any atom is 0.0874 e. The van der Waals surface area contributed by atoms with Crippen LogP contribution in [0.4, 0.5) is 17.1 Å². The van der Waals surface area contributed by atoms with Gasteiger partial charge in [-0.05, 0) is 45.3 Å². The molecule has 0 bridgehead atoms.